The van der Waals surface area contributed by atoms with Gasteiger partial charge in [-0.2, -0.15) is 0 Å². The van der Waals surface area contributed by atoms with Gasteiger partial charge in [-0.25, -0.2) is 4.79 Å². The van der Waals surface area contributed by atoms with Gasteiger partial charge in [0.05, 0.1) is 19.1 Å². The number of esters is 1. The van der Waals surface area contributed by atoms with Crippen LogP contribution in [0.25, 0.3) is 0 Å². The number of anilines is 1. The molecule has 0 saturated heterocycles. The molecule has 0 fully saturated rings. The van der Waals surface area contributed by atoms with E-state index in [1.165, 1.54) is 7.11 Å². The van der Waals surface area contributed by atoms with Gasteiger partial charge in [-0.3, -0.25) is 9.59 Å². The Kier molecular flexibility index (Phi) is 5.58. The molecule has 0 saturated carbocycles. The van der Waals surface area contributed by atoms with Crippen LogP contribution in [0.4, 0.5) is 5.00 Å². The fourth-order valence-electron chi connectivity index (χ4n) is 2.57. The van der Waals surface area contributed by atoms with Crippen molar-refractivity contribution in [3.8, 4) is 0 Å². The van der Waals surface area contributed by atoms with Gasteiger partial charge in [0.1, 0.15) is 9.88 Å². The summed E-state index contributed by atoms with van der Waals surface area (Å²) in [6.07, 6.45) is 0.162. The maximum absolute atomic E-state index is 12.4. The maximum Gasteiger partial charge on any atom is 0.348 e. The van der Waals surface area contributed by atoms with Crippen molar-refractivity contribution in [3.63, 3.8) is 0 Å². The van der Waals surface area contributed by atoms with Gasteiger partial charge in [-0.15, -0.1) is 11.3 Å². The van der Waals surface area contributed by atoms with E-state index >= 15 is 0 Å². The quantitative estimate of drug-likeness (QED) is 0.801. The fraction of sp³-hybridized carbons (Fsp3) is 0.278. The number of primary amides is 1. The number of methoxy groups -OCH3 is 1. The van der Waals surface area contributed by atoms with E-state index in [1.54, 1.807) is 6.92 Å². The summed E-state index contributed by atoms with van der Waals surface area (Å²) in [6.45, 7) is 5.52. The van der Waals surface area contributed by atoms with Crippen LogP contribution in [0.5, 0.6) is 0 Å². The first-order chi connectivity index (χ1) is 11.7. The molecular formula is C18H20N2O4S. The number of nitrogens with one attached hydrogen (secondary N) is 1. The number of hydrogen-bond donors (Lipinski definition) is 2. The fourth-order valence-corrected chi connectivity index (χ4v) is 3.72. The second-order valence-corrected chi connectivity index (χ2v) is 6.79. The predicted octanol–water partition coefficient (Wildman–Crippen LogP) is 2.74. The minimum Gasteiger partial charge on any atom is -0.465 e. The molecular weight excluding hydrogens is 340 g/mol. The second kappa shape index (κ2) is 7.48. The van der Waals surface area contributed by atoms with Crippen LogP contribution in [0.3, 0.4) is 0 Å². The largest absolute Gasteiger partial charge is 0.465 e. The molecule has 2 amide bonds. The molecule has 1 heterocycles. The van der Waals surface area contributed by atoms with E-state index in [-0.39, 0.29) is 27.8 Å². The van der Waals surface area contributed by atoms with E-state index in [9.17, 15) is 14.4 Å². The molecule has 0 aliphatic heterocycles. The van der Waals surface area contributed by atoms with Gasteiger partial charge >= 0.3 is 5.97 Å². The van der Waals surface area contributed by atoms with Crippen molar-refractivity contribution < 1.29 is 19.1 Å². The number of ether oxygens (including phenoxy) is 1. The number of aryl methyl sites for hydroxylation is 2. The van der Waals surface area contributed by atoms with Crippen molar-refractivity contribution in [1.29, 1.82) is 0 Å². The SMILES string of the molecule is COC(=O)c1sc(NC(=O)Cc2ccc(C)cc2C)c(C(N)=O)c1C. The first-order valence-electron chi connectivity index (χ1n) is 7.62. The van der Waals surface area contributed by atoms with Crippen LogP contribution in [0.2, 0.25) is 0 Å². The van der Waals surface area contributed by atoms with E-state index in [4.69, 9.17) is 10.5 Å². The van der Waals surface area contributed by atoms with Gasteiger partial charge in [-0.05, 0) is 37.5 Å². The highest BCUT2D eigenvalue weighted by Crippen LogP contribution is 2.33. The van der Waals surface area contributed by atoms with Crippen LogP contribution in [0.1, 0.15) is 42.3 Å². The predicted molar refractivity (Wildman–Crippen MR) is 97.2 cm³/mol. The van der Waals surface area contributed by atoms with Gasteiger partial charge in [0.25, 0.3) is 5.91 Å². The monoisotopic (exact) mass is 360 g/mol. The van der Waals surface area contributed by atoms with Crippen LogP contribution in [-0.2, 0) is 16.0 Å². The van der Waals surface area contributed by atoms with Crippen molar-refractivity contribution in [2.45, 2.75) is 27.2 Å². The number of rotatable bonds is 5. The molecule has 3 N–H and O–H groups in total. The Morgan fingerprint density at radius 1 is 1.20 bits per heavy atom. The van der Waals surface area contributed by atoms with Gasteiger partial charge in [0, 0.05) is 0 Å². The number of carbonyl (C=O) groups excluding carboxylic acids is 3. The number of carbonyl (C=O) groups is 3. The lowest BCUT2D eigenvalue weighted by Gasteiger charge is -2.08. The minimum absolute atomic E-state index is 0.138. The first kappa shape index (κ1) is 18.7. The lowest BCUT2D eigenvalue weighted by atomic mass is 10.0. The summed E-state index contributed by atoms with van der Waals surface area (Å²) in [7, 11) is 1.25. The van der Waals surface area contributed by atoms with Crippen molar-refractivity contribution in [1.82, 2.24) is 0 Å². The molecule has 1 aromatic carbocycles. The van der Waals surface area contributed by atoms with Crippen LogP contribution in [0.15, 0.2) is 18.2 Å². The summed E-state index contributed by atoms with van der Waals surface area (Å²) in [5, 5.41) is 2.96. The lowest BCUT2D eigenvalue weighted by molar-refractivity contribution is -0.115. The summed E-state index contributed by atoms with van der Waals surface area (Å²) < 4.78 is 4.70. The van der Waals surface area contributed by atoms with Gasteiger partial charge < -0.3 is 15.8 Å². The molecule has 0 radical (unpaired) electrons. The normalized spacial score (nSPS) is 10.4. The van der Waals surface area contributed by atoms with Gasteiger partial charge in [0.15, 0.2) is 0 Å². The molecule has 2 rings (SSSR count). The summed E-state index contributed by atoms with van der Waals surface area (Å²) in [5.41, 5.74) is 8.98. The summed E-state index contributed by atoms with van der Waals surface area (Å²) >= 11 is 0.985. The standard InChI is InChI=1S/C18H20N2O4S/c1-9-5-6-12(10(2)7-9)8-13(21)20-17-14(16(19)22)11(3)15(25-17)18(23)24-4/h5-7H,8H2,1-4H3,(H2,19,22)(H,20,21). The van der Waals surface area contributed by atoms with E-state index in [1.807, 2.05) is 32.0 Å². The average molecular weight is 360 g/mol. The lowest BCUT2D eigenvalue weighted by Crippen LogP contribution is -2.19. The van der Waals surface area contributed by atoms with Crippen molar-refractivity contribution in [2.75, 3.05) is 12.4 Å². The number of hydrogen-bond acceptors (Lipinski definition) is 5. The zero-order chi connectivity index (χ0) is 18.7. The van der Waals surface area contributed by atoms with E-state index in [0.717, 1.165) is 28.0 Å². The highest BCUT2D eigenvalue weighted by Gasteiger charge is 2.24. The summed E-state index contributed by atoms with van der Waals surface area (Å²) in [5.74, 6) is -1.56. The Balaban J connectivity index is 2.28. The Bertz CT molecular complexity index is 855. The Hall–Kier alpha value is -2.67. The zero-order valence-electron chi connectivity index (χ0n) is 14.6. The number of thiophene rings is 1. The Morgan fingerprint density at radius 2 is 1.88 bits per heavy atom. The Morgan fingerprint density at radius 3 is 2.44 bits per heavy atom. The van der Waals surface area contributed by atoms with Crippen LogP contribution < -0.4 is 11.1 Å². The van der Waals surface area contributed by atoms with Crippen molar-refractivity contribution >= 4 is 34.1 Å². The topological polar surface area (TPSA) is 98.5 Å². The third-order valence-corrected chi connectivity index (χ3v) is 5.05. The molecule has 0 aliphatic carbocycles. The number of amides is 2. The van der Waals surface area contributed by atoms with Gasteiger partial charge in [-0.1, -0.05) is 23.8 Å². The molecule has 25 heavy (non-hydrogen) atoms. The highest BCUT2D eigenvalue weighted by atomic mass is 32.1. The molecule has 0 atom stereocenters. The third-order valence-electron chi connectivity index (χ3n) is 3.87. The highest BCUT2D eigenvalue weighted by molar-refractivity contribution is 7.18. The van der Waals surface area contributed by atoms with E-state index in [2.05, 4.69) is 5.32 Å². The molecule has 0 aliphatic rings. The van der Waals surface area contributed by atoms with E-state index < -0.39 is 11.9 Å². The number of benzene rings is 1. The number of nitrogens with two attached hydrogens (primary N) is 1. The van der Waals surface area contributed by atoms with Crippen molar-refractivity contribution in [2.24, 2.45) is 5.73 Å². The molecule has 0 bridgehead atoms. The zero-order valence-corrected chi connectivity index (χ0v) is 15.4. The molecule has 0 spiro atoms. The van der Waals surface area contributed by atoms with E-state index in [0.29, 0.717) is 5.56 Å². The van der Waals surface area contributed by atoms with Crippen LogP contribution in [0, 0.1) is 20.8 Å². The molecule has 132 valence electrons. The molecule has 2 aromatic rings. The van der Waals surface area contributed by atoms with Crippen LogP contribution >= 0.6 is 11.3 Å². The summed E-state index contributed by atoms with van der Waals surface area (Å²) in [4.78, 5) is 36.2. The smallest absolute Gasteiger partial charge is 0.348 e. The third kappa shape index (κ3) is 4.06. The first-order valence-corrected chi connectivity index (χ1v) is 8.43. The van der Waals surface area contributed by atoms with Crippen LogP contribution in [-0.4, -0.2) is 24.9 Å². The maximum atomic E-state index is 12.4. The molecule has 0 unspecified atom stereocenters. The Labute approximate surface area is 150 Å². The average Bonchev–Trinajstić information content (AvgIpc) is 2.85. The second-order valence-electron chi connectivity index (χ2n) is 5.77. The molecule has 6 nitrogen and oxygen atoms in total. The van der Waals surface area contributed by atoms with Crippen molar-refractivity contribution in [3.05, 3.63) is 50.9 Å². The van der Waals surface area contributed by atoms with Gasteiger partial charge in [0.2, 0.25) is 5.91 Å². The molecule has 1 aromatic heterocycles. The summed E-state index contributed by atoms with van der Waals surface area (Å²) in [6, 6.07) is 5.84. The molecule has 7 heteroatoms. The minimum atomic E-state index is -0.703.